The van der Waals surface area contributed by atoms with E-state index in [1.54, 1.807) is 37.4 Å². The highest BCUT2D eigenvalue weighted by Gasteiger charge is 2.16. The van der Waals surface area contributed by atoms with Gasteiger partial charge in [-0.1, -0.05) is 6.07 Å². The second kappa shape index (κ2) is 5.33. The average molecular weight is 269 g/mol. The minimum Gasteiger partial charge on any atom is -0.493 e. The first-order valence-electron chi connectivity index (χ1n) is 5.31. The molecule has 96 valence electrons. The van der Waals surface area contributed by atoms with Crippen molar-refractivity contribution in [3.63, 3.8) is 0 Å². The minimum atomic E-state index is -0.891. The van der Waals surface area contributed by atoms with E-state index in [2.05, 4.69) is 0 Å². The summed E-state index contributed by atoms with van der Waals surface area (Å²) >= 11 is 5.68. The Kier molecular flexibility index (Phi) is 3.79. The van der Waals surface area contributed by atoms with Crippen LogP contribution in [0.4, 0.5) is 0 Å². The zero-order valence-electron chi connectivity index (χ0n) is 10.0. The lowest BCUT2D eigenvalue weighted by Crippen LogP contribution is -1.99. The molecule has 2 rings (SSSR count). The van der Waals surface area contributed by atoms with Crippen molar-refractivity contribution in [2.45, 2.75) is 6.10 Å². The van der Waals surface area contributed by atoms with Crippen molar-refractivity contribution in [3.8, 4) is 11.5 Å². The maximum Gasteiger partial charge on any atom is 0.193 e. The molecule has 0 aliphatic heterocycles. The lowest BCUT2D eigenvalue weighted by molar-refractivity contribution is 0.189. The van der Waals surface area contributed by atoms with Crippen LogP contribution in [0.1, 0.15) is 17.4 Å². The first-order valence-corrected chi connectivity index (χ1v) is 5.68. The van der Waals surface area contributed by atoms with Gasteiger partial charge in [-0.15, -0.1) is 0 Å². The number of halogens is 1. The fourth-order valence-corrected chi connectivity index (χ4v) is 1.81. The molecule has 5 heteroatoms. The molecule has 0 saturated carbocycles. The van der Waals surface area contributed by atoms with Gasteiger partial charge in [-0.25, -0.2) is 0 Å². The van der Waals surface area contributed by atoms with Crippen molar-refractivity contribution < 1.29 is 19.0 Å². The maximum absolute atomic E-state index is 10.1. The molecule has 1 aromatic carbocycles. The molecule has 4 nitrogen and oxygen atoms in total. The largest absolute Gasteiger partial charge is 0.493 e. The molecule has 0 bridgehead atoms. The predicted octanol–water partition coefficient (Wildman–Crippen LogP) is 3.03. The Morgan fingerprint density at radius 1 is 1.11 bits per heavy atom. The molecule has 0 aliphatic rings. The van der Waals surface area contributed by atoms with E-state index < -0.39 is 6.10 Å². The van der Waals surface area contributed by atoms with Crippen LogP contribution in [-0.4, -0.2) is 19.3 Å². The van der Waals surface area contributed by atoms with Crippen molar-refractivity contribution in [1.29, 1.82) is 0 Å². The summed E-state index contributed by atoms with van der Waals surface area (Å²) in [6.45, 7) is 0. The molecule has 0 spiro atoms. The molecule has 0 amide bonds. The Bertz CT molecular complexity index is 536. The average Bonchev–Trinajstić information content (AvgIpc) is 2.83. The number of rotatable bonds is 4. The van der Waals surface area contributed by atoms with Gasteiger partial charge in [0, 0.05) is 0 Å². The summed E-state index contributed by atoms with van der Waals surface area (Å²) in [5.41, 5.74) is 0.638. The maximum atomic E-state index is 10.1. The summed E-state index contributed by atoms with van der Waals surface area (Å²) in [5.74, 6) is 1.53. The first kappa shape index (κ1) is 12.8. The fraction of sp³-hybridized carbons (Fsp3) is 0.231. The number of ether oxygens (including phenoxy) is 2. The monoisotopic (exact) mass is 268 g/mol. The van der Waals surface area contributed by atoms with Crippen molar-refractivity contribution >= 4 is 11.6 Å². The highest BCUT2D eigenvalue weighted by Crippen LogP contribution is 2.33. The highest BCUT2D eigenvalue weighted by molar-refractivity contribution is 6.28. The summed E-state index contributed by atoms with van der Waals surface area (Å²) in [6.07, 6.45) is -0.891. The lowest BCUT2D eigenvalue weighted by atomic mass is 10.1. The normalized spacial score (nSPS) is 12.2. The quantitative estimate of drug-likeness (QED) is 0.926. The summed E-state index contributed by atoms with van der Waals surface area (Å²) in [6, 6.07) is 8.37. The van der Waals surface area contributed by atoms with E-state index in [0.29, 0.717) is 22.8 Å². The molecule has 1 unspecified atom stereocenters. The van der Waals surface area contributed by atoms with E-state index in [1.807, 2.05) is 0 Å². The van der Waals surface area contributed by atoms with E-state index in [9.17, 15) is 5.11 Å². The molecule has 2 aromatic rings. The lowest BCUT2D eigenvalue weighted by Gasteiger charge is -2.12. The number of hydrogen-bond acceptors (Lipinski definition) is 4. The van der Waals surface area contributed by atoms with Crippen LogP contribution in [0.25, 0.3) is 0 Å². The summed E-state index contributed by atoms with van der Waals surface area (Å²) < 4.78 is 15.5. The molecule has 18 heavy (non-hydrogen) atoms. The molecule has 0 radical (unpaired) electrons. The van der Waals surface area contributed by atoms with Crippen LogP contribution in [0.3, 0.4) is 0 Å². The van der Waals surface area contributed by atoms with Gasteiger partial charge < -0.3 is 19.0 Å². The SMILES string of the molecule is COc1ccc(C(O)c2ccc(Cl)o2)cc1OC. The van der Waals surface area contributed by atoms with Crippen molar-refractivity contribution in [1.82, 2.24) is 0 Å². The third kappa shape index (κ3) is 2.44. The molecule has 1 heterocycles. The molecule has 1 N–H and O–H groups in total. The number of aliphatic hydroxyl groups is 1. The van der Waals surface area contributed by atoms with Crippen molar-refractivity contribution in [2.24, 2.45) is 0 Å². The molecular formula is C13H13ClO4. The van der Waals surface area contributed by atoms with E-state index >= 15 is 0 Å². The molecule has 0 saturated heterocycles. The molecule has 1 aromatic heterocycles. The molecule has 1 atom stereocenters. The number of aliphatic hydroxyl groups excluding tert-OH is 1. The molecule has 0 fully saturated rings. The number of hydrogen-bond donors (Lipinski definition) is 1. The van der Waals surface area contributed by atoms with Crippen LogP contribution < -0.4 is 9.47 Å². The van der Waals surface area contributed by atoms with Gasteiger partial charge in [0.15, 0.2) is 16.7 Å². The third-order valence-corrected chi connectivity index (χ3v) is 2.79. The second-order valence-electron chi connectivity index (χ2n) is 3.66. The van der Waals surface area contributed by atoms with Crippen molar-refractivity contribution in [2.75, 3.05) is 14.2 Å². The van der Waals surface area contributed by atoms with Gasteiger partial charge in [0.05, 0.1) is 14.2 Å². The minimum absolute atomic E-state index is 0.240. The summed E-state index contributed by atoms with van der Waals surface area (Å²) in [5, 5.41) is 10.4. The predicted molar refractivity (Wildman–Crippen MR) is 67.3 cm³/mol. The standard InChI is InChI=1S/C13H13ClO4/c1-16-9-4-3-8(7-11(9)17-2)13(15)10-5-6-12(14)18-10/h3-7,13,15H,1-2H3. The Hall–Kier alpha value is -1.65. The van der Waals surface area contributed by atoms with Crippen LogP contribution in [0.15, 0.2) is 34.7 Å². The van der Waals surface area contributed by atoms with Crippen LogP contribution in [0.2, 0.25) is 5.22 Å². The van der Waals surface area contributed by atoms with Crippen molar-refractivity contribution in [3.05, 3.63) is 46.9 Å². The Labute approximate surface area is 110 Å². The van der Waals surface area contributed by atoms with E-state index in [1.165, 1.54) is 7.11 Å². The van der Waals surface area contributed by atoms with E-state index in [4.69, 9.17) is 25.5 Å². The van der Waals surface area contributed by atoms with Crippen LogP contribution in [-0.2, 0) is 0 Å². The number of benzene rings is 1. The summed E-state index contributed by atoms with van der Waals surface area (Å²) in [4.78, 5) is 0. The highest BCUT2D eigenvalue weighted by atomic mass is 35.5. The first-order chi connectivity index (χ1) is 8.65. The second-order valence-corrected chi connectivity index (χ2v) is 4.03. The summed E-state index contributed by atoms with van der Waals surface area (Å²) in [7, 11) is 3.10. The van der Waals surface area contributed by atoms with Gasteiger partial charge in [0.1, 0.15) is 11.9 Å². The number of furan rings is 1. The Morgan fingerprint density at radius 2 is 1.83 bits per heavy atom. The fourth-order valence-electron chi connectivity index (χ4n) is 1.66. The zero-order valence-corrected chi connectivity index (χ0v) is 10.8. The van der Waals surface area contributed by atoms with Crippen LogP contribution in [0, 0.1) is 0 Å². The van der Waals surface area contributed by atoms with Crippen LogP contribution in [0.5, 0.6) is 11.5 Å². The molecule has 0 aliphatic carbocycles. The van der Waals surface area contributed by atoms with Gasteiger partial charge in [-0.05, 0) is 41.4 Å². The molecular weight excluding hydrogens is 256 g/mol. The van der Waals surface area contributed by atoms with E-state index in [-0.39, 0.29) is 5.22 Å². The van der Waals surface area contributed by atoms with Gasteiger partial charge in [0.25, 0.3) is 0 Å². The number of methoxy groups -OCH3 is 2. The van der Waals surface area contributed by atoms with Crippen LogP contribution >= 0.6 is 11.6 Å². The zero-order chi connectivity index (χ0) is 13.1. The van der Waals surface area contributed by atoms with E-state index in [0.717, 1.165) is 0 Å². The Balaban J connectivity index is 2.33. The van der Waals surface area contributed by atoms with Gasteiger partial charge in [-0.3, -0.25) is 0 Å². The van der Waals surface area contributed by atoms with Gasteiger partial charge in [0.2, 0.25) is 0 Å². The van der Waals surface area contributed by atoms with Gasteiger partial charge in [-0.2, -0.15) is 0 Å². The topological polar surface area (TPSA) is 51.8 Å². The van der Waals surface area contributed by atoms with Gasteiger partial charge >= 0.3 is 0 Å². The Morgan fingerprint density at radius 3 is 2.39 bits per heavy atom. The smallest absolute Gasteiger partial charge is 0.193 e. The third-order valence-electron chi connectivity index (χ3n) is 2.59.